The molecule has 1 aliphatic heterocycles. The Kier molecular flexibility index (Phi) is 5.02. The first-order valence-electron chi connectivity index (χ1n) is 8.07. The molecule has 1 aromatic carbocycles. The van der Waals surface area contributed by atoms with Crippen molar-refractivity contribution >= 4 is 23.7 Å². The van der Waals surface area contributed by atoms with Crippen molar-refractivity contribution < 1.29 is 28.6 Å². The minimum absolute atomic E-state index is 0.138. The van der Waals surface area contributed by atoms with Gasteiger partial charge in [-0.15, -0.1) is 0 Å². The molecule has 2 N–H and O–H groups in total. The highest BCUT2D eigenvalue weighted by Gasteiger charge is 2.32. The molecular weight excluding hydrogens is 357 g/mol. The van der Waals surface area contributed by atoms with E-state index in [0.717, 1.165) is 0 Å². The molecule has 140 valence electrons. The summed E-state index contributed by atoms with van der Waals surface area (Å²) < 4.78 is 19.7. The van der Waals surface area contributed by atoms with Crippen molar-refractivity contribution in [2.45, 2.75) is 13.0 Å². The van der Waals surface area contributed by atoms with Gasteiger partial charge in [-0.05, 0) is 24.3 Å². The third-order valence-corrected chi connectivity index (χ3v) is 4.01. The van der Waals surface area contributed by atoms with Crippen LogP contribution >= 0.6 is 0 Å². The molecule has 0 unspecified atom stereocenters. The molecule has 8 nitrogen and oxygen atoms in total. The van der Waals surface area contributed by atoms with Crippen molar-refractivity contribution in [3.8, 4) is 11.1 Å². The normalized spacial score (nSPS) is 16.1. The van der Waals surface area contributed by atoms with E-state index in [2.05, 4.69) is 10.3 Å². The number of cyclic esters (lactones) is 1. The number of anilines is 1. The summed E-state index contributed by atoms with van der Waals surface area (Å²) in [5.74, 6) is -1.99. The summed E-state index contributed by atoms with van der Waals surface area (Å²) in [7, 11) is 0. The number of pyridine rings is 1. The Bertz CT molecular complexity index is 900. The first-order valence-corrected chi connectivity index (χ1v) is 8.07. The SMILES string of the molecule is CC(=O)NC[C@H]1CN(c2ccc(-c3ccc(C(=O)O)nc3)c(F)c2)C(=O)O1. The van der Waals surface area contributed by atoms with Gasteiger partial charge in [0.1, 0.15) is 17.6 Å². The van der Waals surface area contributed by atoms with Crippen LogP contribution in [0.5, 0.6) is 0 Å². The van der Waals surface area contributed by atoms with Gasteiger partial charge in [-0.2, -0.15) is 0 Å². The number of carboxylic acids is 1. The van der Waals surface area contributed by atoms with E-state index in [1.54, 1.807) is 6.07 Å². The molecule has 2 heterocycles. The minimum atomic E-state index is -1.17. The van der Waals surface area contributed by atoms with Gasteiger partial charge in [0, 0.05) is 24.2 Å². The highest BCUT2D eigenvalue weighted by Crippen LogP contribution is 2.28. The van der Waals surface area contributed by atoms with E-state index in [9.17, 15) is 18.8 Å². The van der Waals surface area contributed by atoms with Crippen molar-refractivity contribution in [3.05, 3.63) is 48.0 Å². The Hall–Kier alpha value is -3.49. The van der Waals surface area contributed by atoms with Crippen LogP contribution in [0.1, 0.15) is 17.4 Å². The number of nitrogens with zero attached hydrogens (tertiary/aromatic N) is 2. The van der Waals surface area contributed by atoms with Crippen LogP contribution in [0.15, 0.2) is 36.5 Å². The quantitative estimate of drug-likeness (QED) is 0.830. The maximum atomic E-state index is 14.5. The van der Waals surface area contributed by atoms with E-state index in [-0.39, 0.29) is 30.3 Å². The van der Waals surface area contributed by atoms with E-state index in [1.807, 2.05) is 0 Å². The van der Waals surface area contributed by atoms with Gasteiger partial charge in [0.2, 0.25) is 5.91 Å². The van der Waals surface area contributed by atoms with Crippen LogP contribution in [0, 0.1) is 5.82 Å². The van der Waals surface area contributed by atoms with Gasteiger partial charge in [-0.25, -0.2) is 19.0 Å². The molecule has 0 aliphatic carbocycles. The van der Waals surface area contributed by atoms with E-state index in [4.69, 9.17) is 9.84 Å². The summed E-state index contributed by atoms with van der Waals surface area (Å²) in [5, 5.41) is 11.4. The Morgan fingerprint density at radius 2 is 2.15 bits per heavy atom. The number of amides is 2. The second-order valence-electron chi connectivity index (χ2n) is 5.95. The molecule has 0 bridgehead atoms. The molecule has 0 spiro atoms. The molecule has 27 heavy (non-hydrogen) atoms. The largest absolute Gasteiger partial charge is 0.477 e. The highest BCUT2D eigenvalue weighted by molar-refractivity contribution is 5.90. The van der Waals surface area contributed by atoms with Gasteiger partial charge in [0.25, 0.3) is 0 Å². The standard InChI is InChI=1S/C18H16FN3O5/c1-10(23)20-8-13-9-22(18(26)27-13)12-3-4-14(15(19)6-12)11-2-5-16(17(24)25)21-7-11/h2-7,13H,8-9H2,1H3,(H,20,23)(H,24,25)/t13-/m0/s1. The molecular formula is C18H16FN3O5. The molecule has 9 heteroatoms. The van der Waals surface area contributed by atoms with Crippen LogP contribution in [-0.4, -0.2) is 47.3 Å². The predicted octanol–water partition coefficient (Wildman–Crippen LogP) is 2.05. The summed E-state index contributed by atoms with van der Waals surface area (Å²) in [5.41, 5.74) is 0.824. The lowest BCUT2D eigenvalue weighted by Crippen LogP contribution is -2.33. The number of benzene rings is 1. The fourth-order valence-corrected chi connectivity index (χ4v) is 2.68. The number of carbonyl (C=O) groups excluding carboxylic acids is 2. The second-order valence-corrected chi connectivity index (χ2v) is 5.95. The van der Waals surface area contributed by atoms with Crippen molar-refractivity contribution in [2.75, 3.05) is 18.0 Å². The number of aromatic carboxylic acids is 1. The smallest absolute Gasteiger partial charge is 0.414 e. The van der Waals surface area contributed by atoms with Crippen LogP contribution in [-0.2, 0) is 9.53 Å². The average molecular weight is 373 g/mol. The molecule has 1 saturated heterocycles. The number of carbonyl (C=O) groups is 3. The van der Waals surface area contributed by atoms with E-state index in [1.165, 1.54) is 42.3 Å². The lowest BCUT2D eigenvalue weighted by molar-refractivity contribution is -0.119. The number of rotatable bonds is 5. The number of halogens is 1. The molecule has 0 radical (unpaired) electrons. The lowest BCUT2D eigenvalue weighted by atomic mass is 10.1. The van der Waals surface area contributed by atoms with Gasteiger partial charge in [0.05, 0.1) is 18.8 Å². The van der Waals surface area contributed by atoms with E-state index >= 15 is 0 Å². The molecule has 2 amide bonds. The average Bonchev–Trinajstić information content (AvgIpc) is 3.01. The topological polar surface area (TPSA) is 109 Å². The Labute approximate surface area is 153 Å². The van der Waals surface area contributed by atoms with Gasteiger partial charge in [0.15, 0.2) is 0 Å². The van der Waals surface area contributed by atoms with Crippen LogP contribution in [0.3, 0.4) is 0 Å². The Morgan fingerprint density at radius 1 is 1.37 bits per heavy atom. The fourth-order valence-electron chi connectivity index (χ4n) is 2.68. The number of carboxylic acid groups (broad SMARTS) is 1. The maximum Gasteiger partial charge on any atom is 0.414 e. The zero-order chi connectivity index (χ0) is 19.6. The number of ether oxygens (including phenoxy) is 1. The molecule has 0 saturated carbocycles. The third kappa shape index (κ3) is 4.02. The zero-order valence-corrected chi connectivity index (χ0v) is 14.3. The summed E-state index contributed by atoms with van der Waals surface area (Å²) in [6, 6.07) is 6.99. The van der Waals surface area contributed by atoms with Crippen LogP contribution in [0.4, 0.5) is 14.9 Å². The van der Waals surface area contributed by atoms with Crippen LogP contribution < -0.4 is 10.2 Å². The summed E-state index contributed by atoms with van der Waals surface area (Å²) in [6.07, 6.45) is 0.136. The number of nitrogens with one attached hydrogen (secondary N) is 1. The number of aromatic nitrogens is 1. The zero-order valence-electron chi connectivity index (χ0n) is 14.3. The highest BCUT2D eigenvalue weighted by atomic mass is 19.1. The molecule has 1 atom stereocenters. The lowest BCUT2D eigenvalue weighted by Gasteiger charge is -2.14. The van der Waals surface area contributed by atoms with Crippen molar-refractivity contribution in [2.24, 2.45) is 0 Å². The number of hydrogen-bond acceptors (Lipinski definition) is 5. The molecule has 3 rings (SSSR count). The van der Waals surface area contributed by atoms with Gasteiger partial charge in [-0.1, -0.05) is 6.07 Å². The molecule has 2 aromatic rings. The first kappa shape index (κ1) is 18.3. The maximum absolute atomic E-state index is 14.5. The van der Waals surface area contributed by atoms with Crippen molar-refractivity contribution in [1.82, 2.24) is 10.3 Å². The molecule has 1 fully saturated rings. The summed E-state index contributed by atoms with van der Waals surface area (Å²) in [6.45, 7) is 1.73. The second kappa shape index (κ2) is 7.40. The van der Waals surface area contributed by atoms with Gasteiger partial charge in [-0.3, -0.25) is 9.69 Å². The molecule has 1 aliphatic rings. The first-order chi connectivity index (χ1) is 12.8. The Balaban J connectivity index is 1.77. The van der Waals surface area contributed by atoms with E-state index in [0.29, 0.717) is 11.3 Å². The van der Waals surface area contributed by atoms with E-state index < -0.39 is 24.0 Å². The van der Waals surface area contributed by atoms with Crippen LogP contribution in [0.25, 0.3) is 11.1 Å². The van der Waals surface area contributed by atoms with Gasteiger partial charge >= 0.3 is 12.1 Å². The summed E-state index contributed by atoms with van der Waals surface area (Å²) in [4.78, 5) is 38.8. The van der Waals surface area contributed by atoms with Gasteiger partial charge < -0.3 is 15.2 Å². The summed E-state index contributed by atoms with van der Waals surface area (Å²) >= 11 is 0. The molecule has 1 aromatic heterocycles. The number of hydrogen-bond donors (Lipinski definition) is 2. The third-order valence-electron chi connectivity index (χ3n) is 4.01. The van der Waals surface area contributed by atoms with Crippen molar-refractivity contribution in [3.63, 3.8) is 0 Å². The fraction of sp³-hybridized carbons (Fsp3) is 0.222. The van der Waals surface area contributed by atoms with Crippen LogP contribution in [0.2, 0.25) is 0 Å². The Morgan fingerprint density at radius 3 is 2.74 bits per heavy atom. The predicted molar refractivity (Wildman–Crippen MR) is 92.9 cm³/mol. The monoisotopic (exact) mass is 373 g/mol. The minimum Gasteiger partial charge on any atom is -0.477 e. The van der Waals surface area contributed by atoms with Crippen molar-refractivity contribution in [1.29, 1.82) is 0 Å².